The highest BCUT2D eigenvalue weighted by atomic mass is 16.4. The first-order chi connectivity index (χ1) is 11.6. The summed E-state index contributed by atoms with van der Waals surface area (Å²) in [7, 11) is 0. The second-order valence-corrected chi connectivity index (χ2v) is 9.52. The highest BCUT2D eigenvalue weighted by Crippen LogP contribution is 2.80. The van der Waals surface area contributed by atoms with Gasteiger partial charge in [0.05, 0.1) is 0 Å². The lowest BCUT2D eigenvalue weighted by Crippen LogP contribution is -2.25. The zero-order chi connectivity index (χ0) is 16.3. The second kappa shape index (κ2) is 4.25. The summed E-state index contributed by atoms with van der Waals surface area (Å²) in [4.78, 5) is 22.7. The van der Waals surface area contributed by atoms with Crippen LogP contribution in [0.15, 0.2) is 12.2 Å². The van der Waals surface area contributed by atoms with Gasteiger partial charge in [-0.25, -0.2) is 0 Å². The van der Waals surface area contributed by atoms with E-state index in [4.69, 9.17) is 0 Å². The molecular formula is C20H24O4. The minimum Gasteiger partial charge on any atom is -0.481 e. The monoisotopic (exact) mass is 328 g/mol. The molecule has 24 heavy (non-hydrogen) atoms. The van der Waals surface area contributed by atoms with Crippen molar-refractivity contribution in [2.24, 2.45) is 71.0 Å². The van der Waals surface area contributed by atoms with Crippen LogP contribution >= 0.6 is 0 Å². The van der Waals surface area contributed by atoms with Crippen molar-refractivity contribution in [2.75, 3.05) is 0 Å². The van der Waals surface area contributed by atoms with Crippen LogP contribution < -0.4 is 0 Å². The SMILES string of the molecule is O=C(O)C[C@@H]1C[C@@H]2[C@@H]3C[C@H](CC(=O)O)[C@H]4[C@@H]3C3C5[C@@H](C=C[C@@H]54)[C@@H]1[C@H]32. The van der Waals surface area contributed by atoms with E-state index >= 15 is 0 Å². The predicted molar refractivity (Wildman–Crippen MR) is 84.8 cm³/mol. The van der Waals surface area contributed by atoms with Crippen LogP contribution in [-0.4, -0.2) is 22.2 Å². The molecule has 6 aliphatic rings. The van der Waals surface area contributed by atoms with Crippen LogP contribution in [0.5, 0.6) is 0 Å². The van der Waals surface area contributed by atoms with Crippen LogP contribution in [0.1, 0.15) is 25.7 Å². The number of carbonyl (C=O) groups is 2. The molecule has 4 heteroatoms. The summed E-state index contributed by atoms with van der Waals surface area (Å²) in [5, 5.41) is 18.7. The fraction of sp³-hybridized carbons (Fsp3) is 0.800. The summed E-state index contributed by atoms with van der Waals surface area (Å²) in [6.45, 7) is 0. The first-order valence-electron chi connectivity index (χ1n) is 9.68. The average molecular weight is 328 g/mol. The largest absolute Gasteiger partial charge is 0.481 e. The smallest absolute Gasteiger partial charge is 0.303 e. The van der Waals surface area contributed by atoms with E-state index in [1.807, 2.05) is 0 Å². The number of carboxylic acid groups (broad SMARTS) is 2. The van der Waals surface area contributed by atoms with Crippen LogP contribution in [0, 0.1) is 71.0 Å². The molecule has 0 spiro atoms. The number of fused-ring (bicyclic) bond motifs is 3. The molecule has 5 fully saturated rings. The molecule has 12 atom stereocenters. The van der Waals surface area contributed by atoms with Gasteiger partial charge in [-0.2, -0.15) is 0 Å². The van der Waals surface area contributed by atoms with Gasteiger partial charge in [-0.1, -0.05) is 12.2 Å². The molecule has 128 valence electrons. The summed E-state index contributed by atoms with van der Waals surface area (Å²) < 4.78 is 0. The molecule has 6 rings (SSSR count). The van der Waals surface area contributed by atoms with Crippen LogP contribution in [0.3, 0.4) is 0 Å². The normalized spacial score (nSPS) is 60.2. The van der Waals surface area contributed by atoms with E-state index in [1.165, 1.54) is 0 Å². The van der Waals surface area contributed by atoms with Crippen LogP contribution in [0.4, 0.5) is 0 Å². The van der Waals surface area contributed by atoms with Crippen LogP contribution in [0.25, 0.3) is 0 Å². The Balaban J connectivity index is 1.41. The Morgan fingerprint density at radius 3 is 1.58 bits per heavy atom. The van der Waals surface area contributed by atoms with E-state index < -0.39 is 11.9 Å². The van der Waals surface area contributed by atoms with E-state index in [2.05, 4.69) is 12.2 Å². The molecule has 0 aromatic carbocycles. The number of rotatable bonds is 4. The average Bonchev–Trinajstić information content (AvgIpc) is 3.19. The highest BCUT2D eigenvalue weighted by molar-refractivity contribution is 5.67. The van der Waals surface area contributed by atoms with Crippen molar-refractivity contribution >= 4 is 11.9 Å². The first-order valence-corrected chi connectivity index (χ1v) is 9.68. The Morgan fingerprint density at radius 2 is 1.17 bits per heavy atom. The third kappa shape index (κ3) is 1.40. The van der Waals surface area contributed by atoms with Crippen molar-refractivity contribution in [2.45, 2.75) is 25.7 Å². The lowest BCUT2D eigenvalue weighted by Gasteiger charge is -2.27. The van der Waals surface area contributed by atoms with Gasteiger partial charge in [0.1, 0.15) is 0 Å². The van der Waals surface area contributed by atoms with Crippen molar-refractivity contribution < 1.29 is 19.8 Å². The minimum absolute atomic E-state index is 0.339. The fourth-order valence-electron chi connectivity index (χ4n) is 9.38. The lowest BCUT2D eigenvalue weighted by atomic mass is 9.77. The third-order valence-electron chi connectivity index (χ3n) is 9.21. The summed E-state index contributed by atoms with van der Waals surface area (Å²) in [6, 6.07) is 0. The van der Waals surface area contributed by atoms with E-state index in [9.17, 15) is 19.8 Å². The molecule has 4 nitrogen and oxygen atoms in total. The molecule has 0 aromatic rings. The van der Waals surface area contributed by atoms with Gasteiger partial charge in [0.25, 0.3) is 0 Å². The second-order valence-electron chi connectivity index (χ2n) is 9.52. The van der Waals surface area contributed by atoms with Crippen molar-refractivity contribution in [3.05, 3.63) is 12.2 Å². The van der Waals surface area contributed by atoms with E-state index in [0.29, 0.717) is 60.2 Å². The molecule has 0 radical (unpaired) electrons. The Labute approximate surface area is 141 Å². The number of hydrogen-bond acceptors (Lipinski definition) is 2. The Kier molecular flexibility index (Phi) is 2.47. The standard InChI is InChI=1S/C20H24O4/c21-13(22)5-7-3-11-12-4-8(6-14(23)24)16-10-2-1-9-15(7)18(11)20(17(9)10)19(12)16/h1-2,7-12,15-20H,3-6H2,(H,21,22)(H,23,24)/t7-,8+,9-,10+,11+,12-,15-,16-,17?,18-,19-,20?/m1/s1. The number of carboxylic acids is 2. The van der Waals surface area contributed by atoms with Crippen molar-refractivity contribution in [3.8, 4) is 0 Å². The van der Waals surface area contributed by atoms with E-state index in [-0.39, 0.29) is 0 Å². The summed E-state index contributed by atoms with van der Waals surface area (Å²) in [5.74, 6) is 6.21. The zero-order valence-corrected chi connectivity index (χ0v) is 13.6. The minimum atomic E-state index is -0.639. The van der Waals surface area contributed by atoms with Gasteiger partial charge in [-0.3, -0.25) is 9.59 Å². The molecule has 0 aromatic heterocycles. The summed E-state index contributed by atoms with van der Waals surface area (Å²) in [5.41, 5.74) is 0. The first kappa shape index (κ1) is 13.9. The van der Waals surface area contributed by atoms with E-state index in [0.717, 1.165) is 36.5 Å². The van der Waals surface area contributed by atoms with Gasteiger partial charge in [0, 0.05) is 12.8 Å². The number of hydrogen-bond donors (Lipinski definition) is 2. The zero-order valence-electron chi connectivity index (χ0n) is 13.6. The quantitative estimate of drug-likeness (QED) is 0.778. The molecule has 0 saturated heterocycles. The van der Waals surface area contributed by atoms with Gasteiger partial charge >= 0.3 is 11.9 Å². The van der Waals surface area contributed by atoms with Gasteiger partial charge in [0.15, 0.2) is 0 Å². The molecule has 6 aliphatic carbocycles. The molecule has 2 N–H and O–H groups in total. The molecule has 2 unspecified atom stereocenters. The maximum absolute atomic E-state index is 11.4. The molecule has 5 saturated carbocycles. The molecular weight excluding hydrogens is 304 g/mol. The van der Waals surface area contributed by atoms with Crippen LogP contribution in [0.2, 0.25) is 0 Å². The summed E-state index contributed by atoms with van der Waals surface area (Å²) in [6.07, 6.45) is 7.69. The number of allylic oxidation sites excluding steroid dienone is 2. The molecule has 0 aliphatic heterocycles. The maximum atomic E-state index is 11.4. The summed E-state index contributed by atoms with van der Waals surface area (Å²) >= 11 is 0. The fourth-order valence-corrected chi connectivity index (χ4v) is 9.38. The maximum Gasteiger partial charge on any atom is 0.303 e. The Hall–Kier alpha value is -1.32. The molecule has 0 heterocycles. The number of aliphatic carboxylic acids is 2. The van der Waals surface area contributed by atoms with Crippen molar-refractivity contribution in [1.29, 1.82) is 0 Å². The topological polar surface area (TPSA) is 74.6 Å². The van der Waals surface area contributed by atoms with Crippen molar-refractivity contribution in [3.63, 3.8) is 0 Å². The molecule has 0 amide bonds. The Morgan fingerprint density at radius 1 is 0.708 bits per heavy atom. The third-order valence-corrected chi connectivity index (χ3v) is 9.21. The van der Waals surface area contributed by atoms with Gasteiger partial charge < -0.3 is 10.2 Å². The Bertz CT molecular complexity index is 615. The van der Waals surface area contributed by atoms with Gasteiger partial charge in [-0.15, -0.1) is 0 Å². The van der Waals surface area contributed by atoms with Crippen molar-refractivity contribution in [1.82, 2.24) is 0 Å². The van der Waals surface area contributed by atoms with E-state index in [1.54, 1.807) is 0 Å². The molecule has 0 bridgehead atoms. The van der Waals surface area contributed by atoms with Gasteiger partial charge in [0.2, 0.25) is 0 Å². The lowest BCUT2D eigenvalue weighted by molar-refractivity contribution is -0.139. The van der Waals surface area contributed by atoms with Crippen LogP contribution in [-0.2, 0) is 9.59 Å². The predicted octanol–water partition coefficient (Wildman–Crippen LogP) is 2.75. The highest BCUT2D eigenvalue weighted by Gasteiger charge is 2.76. The van der Waals surface area contributed by atoms with Gasteiger partial charge in [-0.05, 0) is 83.9 Å².